The number of carbonyl (C=O) groups excluding carboxylic acids is 2. The fraction of sp³-hybridized carbons (Fsp3) is 0.368. The number of hydrogen-bond donors (Lipinski definition) is 0. The van der Waals surface area contributed by atoms with Crippen molar-refractivity contribution in [2.24, 2.45) is 7.05 Å². The molecular formula is C19H22ClN3O2. The summed E-state index contributed by atoms with van der Waals surface area (Å²) < 4.78 is 1.94. The molecule has 132 valence electrons. The minimum Gasteiger partial charge on any atom is -0.357 e. The van der Waals surface area contributed by atoms with E-state index >= 15 is 0 Å². The molecular weight excluding hydrogens is 338 g/mol. The third kappa shape index (κ3) is 4.42. The first kappa shape index (κ1) is 17.5. The molecule has 5 nitrogen and oxygen atoms in total. The molecule has 0 radical (unpaired) electrons. The molecule has 0 atom stereocenters. The van der Waals surface area contributed by atoms with Gasteiger partial charge in [-0.25, -0.2) is 0 Å². The summed E-state index contributed by atoms with van der Waals surface area (Å²) in [5.74, 6) is 0.174. The second kappa shape index (κ2) is 7.74. The van der Waals surface area contributed by atoms with Gasteiger partial charge in [0, 0.05) is 50.6 Å². The molecule has 0 N–H and O–H groups in total. The molecule has 1 aromatic carbocycles. The van der Waals surface area contributed by atoms with E-state index in [1.54, 1.807) is 6.07 Å². The molecule has 25 heavy (non-hydrogen) atoms. The smallest absolute Gasteiger partial charge is 0.227 e. The number of aromatic nitrogens is 1. The first-order chi connectivity index (χ1) is 12.0. The van der Waals surface area contributed by atoms with Crippen LogP contribution in [0.1, 0.15) is 11.1 Å². The maximum Gasteiger partial charge on any atom is 0.227 e. The Morgan fingerprint density at radius 1 is 0.960 bits per heavy atom. The van der Waals surface area contributed by atoms with Crippen molar-refractivity contribution in [2.45, 2.75) is 12.8 Å². The van der Waals surface area contributed by atoms with Gasteiger partial charge in [0.25, 0.3) is 0 Å². The Bertz CT molecular complexity index is 764. The number of amides is 2. The molecule has 3 rings (SSSR count). The molecule has 0 saturated carbocycles. The average Bonchev–Trinajstić information content (AvgIpc) is 3.02. The fourth-order valence-corrected chi connectivity index (χ4v) is 3.28. The van der Waals surface area contributed by atoms with Crippen LogP contribution in [0.3, 0.4) is 0 Å². The lowest BCUT2D eigenvalue weighted by molar-refractivity contribution is -0.138. The van der Waals surface area contributed by atoms with Crippen LogP contribution in [0.15, 0.2) is 42.7 Å². The normalized spacial score (nSPS) is 14.6. The second-order valence-corrected chi connectivity index (χ2v) is 6.80. The summed E-state index contributed by atoms with van der Waals surface area (Å²) in [4.78, 5) is 28.5. The third-order valence-electron chi connectivity index (χ3n) is 4.53. The molecule has 1 aliphatic heterocycles. The van der Waals surface area contributed by atoms with Crippen molar-refractivity contribution in [1.29, 1.82) is 0 Å². The van der Waals surface area contributed by atoms with Crippen LogP contribution in [0.5, 0.6) is 0 Å². The molecule has 1 aromatic heterocycles. The lowest BCUT2D eigenvalue weighted by Gasteiger charge is -2.35. The zero-order valence-electron chi connectivity index (χ0n) is 14.3. The molecule has 0 bridgehead atoms. The van der Waals surface area contributed by atoms with Gasteiger partial charge in [0.1, 0.15) is 0 Å². The highest BCUT2D eigenvalue weighted by Gasteiger charge is 2.24. The van der Waals surface area contributed by atoms with E-state index < -0.39 is 0 Å². The van der Waals surface area contributed by atoms with E-state index in [9.17, 15) is 9.59 Å². The number of rotatable bonds is 4. The molecule has 6 heteroatoms. The van der Waals surface area contributed by atoms with E-state index in [2.05, 4.69) is 0 Å². The largest absolute Gasteiger partial charge is 0.357 e. The summed E-state index contributed by atoms with van der Waals surface area (Å²) in [5.41, 5.74) is 1.86. The Labute approximate surface area is 152 Å². The number of nitrogens with zero attached hydrogens (tertiary/aromatic N) is 3. The standard InChI is InChI=1S/C19H22ClN3O2/c1-21-7-6-15(14-21)12-18(24)22-8-10-23(11-9-22)19(25)13-16-4-2-3-5-17(16)20/h2-7,14H,8-13H2,1H3. The zero-order valence-corrected chi connectivity index (χ0v) is 15.1. The Hall–Kier alpha value is -2.27. The molecule has 1 saturated heterocycles. The van der Waals surface area contributed by atoms with Gasteiger partial charge in [-0.2, -0.15) is 0 Å². The molecule has 1 fully saturated rings. The Morgan fingerprint density at radius 2 is 1.56 bits per heavy atom. The molecule has 2 amide bonds. The quantitative estimate of drug-likeness (QED) is 0.839. The third-order valence-corrected chi connectivity index (χ3v) is 4.90. The Morgan fingerprint density at radius 3 is 2.12 bits per heavy atom. The van der Waals surface area contributed by atoms with Crippen molar-refractivity contribution in [3.63, 3.8) is 0 Å². The summed E-state index contributed by atoms with van der Waals surface area (Å²) in [7, 11) is 1.94. The predicted molar refractivity (Wildman–Crippen MR) is 97.4 cm³/mol. The van der Waals surface area contributed by atoms with Crippen LogP contribution in [0, 0.1) is 0 Å². The highest BCUT2D eigenvalue weighted by atomic mass is 35.5. The average molecular weight is 360 g/mol. The van der Waals surface area contributed by atoms with Gasteiger partial charge in [0.2, 0.25) is 11.8 Å². The van der Waals surface area contributed by atoms with Gasteiger partial charge in [-0.3, -0.25) is 9.59 Å². The van der Waals surface area contributed by atoms with E-state index in [1.807, 2.05) is 58.1 Å². The monoisotopic (exact) mass is 359 g/mol. The van der Waals surface area contributed by atoms with Crippen molar-refractivity contribution in [1.82, 2.24) is 14.4 Å². The highest BCUT2D eigenvalue weighted by Crippen LogP contribution is 2.17. The van der Waals surface area contributed by atoms with Gasteiger partial charge >= 0.3 is 0 Å². The van der Waals surface area contributed by atoms with Crippen molar-refractivity contribution in [3.05, 3.63) is 58.9 Å². The summed E-state index contributed by atoms with van der Waals surface area (Å²) in [5, 5.41) is 0.618. The van der Waals surface area contributed by atoms with E-state index in [-0.39, 0.29) is 11.8 Å². The van der Waals surface area contributed by atoms with Gasteiger partial charge in [0.05, 0.1) is 12.8 Å². The summed E-state index contributed by atoms with van der Waals surface area (Å²) >= 11 is 6.13. The van der Waals surface area contributed by atoms with Crippen LogP contribution >= 0.6 is 11.6 Å². The number of carbonyl (C=O) groups is 2. The van der Waals surface area contributed by atoms with Gasteiger partial charge in [-0.05, 0) is 23.3 Å². The van der Waals surface area contributed by atoms with Crippen LogP contribution < -0.4 is 0 Å². The van der Waals surface area contributed by atoms with E-state index in [4.69, 9.17) is 11.6 Å². The van der Waals surface area contributed by atoms with E-state index in [0.717, 1.165) is 11.1 Å². The van der Waals surface area contributed by atoms with E-state index in [0.29, 0.717) is 44.0 Å². The van der Waals surface area contributed by atoms with Crippen LogP contribution in [0.4, 0.5) is 0 Å². The lowest BCUT2D eigenvalue weighted by atomic mass is 10.1. The molecule has 2 heterocycles. The topological polar surface area (TPSA) is 45.6 Å². The van der Waals surface area contributed by atoms with E-state index in [1.165, 1.54) is 0 Å². The number of benzene rings is 1. The highest BCUT2D eigenvalue weighted by molar-refractivity contribution is 6.31. The van der Waals surface area contributed by atoms with Gasteiger partial charge in [-0.15, -0.1) is 0 Å². The van der Waals surface area contributed by atoms with Gasteiger partial charge in [-0.1, -0.05) is 29.8 Å². The van der Waals surface area contributed by atoms with Gasteiger partial charge in [0.15, 0.2) is 0 Å². The van der Waals surface area contributed by atoms with Crippen LogP contribution in [-0.4, -0.2) is 52.4 Å². The summed E-state index contributed by atoms with van der Waals surface area (Å²) in [6.45, 7) is 2.31. The Balaban J connectivity index is 1.50. The lowest BCUT2D eigenvalue weighted by Crippen LogP contribution is -2.51. The van der Waals surface area contributed by atoms with Crippen LogP contribution in [-0.2, 0) is 29.5 Å². The Kier molecular flexibility index (Phi) is 5.43. The maximum absolute atomic E-state index is 12.5. The second-order valence-electron chi connectivity index (χ2n) is 6.39. The maximum atomic E-state index is 12.5. The minimum absolute atomic E-state index is 0.0586. The van der Waals surface area contributed by atoms with Crippen molar-refractivity contribution < 1.29 is 9.59 Å². The SMILES string of the molecule is Cn1ccc(CC(=O)N2CCN(C(=O)Cc3ccccc3Cl)CC2)c1. The van der Waals surface area contributed by atoms with Crippen LogP contribution in [0.25, 0.3) is 0 Å². The minimum atomic E-state index is 0.0586. The summed E-state index contributed by atoms with van der Waals surface area (Å²) in [6.07, 6.45) is 4.61. The molecule has 0 spiro atoms. The van der Waals surface area contributed by atoms with Crippen molar-refractivity contribution in [3.8, 4) is 0 Å². The molecule has 0 unspecified atom stereocenters. The number of aryl methyl sites for hydroxylation is 1. The zero-order chi connectivity index (χ0) is 17.8. The molecule has 2 aromatic rings. The fourth-order valence-electron chi connectivity index (χ4n) is 3.07. The first-order valence-corrected chi connectivity index (χ1v) is 8.80. The van der Waals surface area contributed by atoms with Crippen LogP contribution in [0.2, 0.25) is 5.02 Å². The molecule has 0 aliphatic carbocycles. The number of halogens is 1. The molecule has 1 aliphatic rings. The summed E-state index contributed by atoms with van der Waals surface area (Å²) in [6, 6.07) is 9.37. The van der Waals surface area contributed by atoms with Crippen molar-refractivity contribution >= 4 is 23.4 Å². The predicted octanol–water partition coefficient (Wildman–Crippen LogP) is 2.13. The van der Waals surface area contributed by atoms with Gasteiger partial charge < -0.3 is 14.4 Å². The number of piperazine rings is 1. The van der Waals surface area contributed by atoms with Crippen molar-refractivity contribution in [2.75, 3.05) is 26.2 Å². The first-order valence-electron chi connectivity index (χ1n) is 8.43. The number of hydrogen-bond acceptors (Lipinski definition) is 2.